The standard InChI is InChI=1S/C30H28N2O3/c1-20-10-9-15-27(21(20)2)35-19-23-18-22(16-17-28(23)34-3)29-31-26-14-8-7-13-25(26)30(33)32(29)24-11-5-4-6-12-24/h4-18,29,31H,19H2,1-3H3. The minimum Gasteiger partial charge on any atom is -0.496 e. The van der Waals surface area contributed by atoms with Gasteiger partial charge in [0.2, 0.25) is 0 Å². The van der Waals surface area contributed by atoms with Crippen LogP contribution in [0.15, 0.2) is 91.0 Å². The molecule has 4 aromatic rings. The van der Waals surface area contributed by atoms with E-state index < -0.39 is 0 Å². The van der Waals surface area contributed by atoms with Gasteiger partial charge < -0.3 is 14.8 Å². The van der Waals surface area contributed by atoms with Crippen molar-refractivity contribution in [2.75, 3.05) is 17.3 Å². The summed E-state index contributed by atoms with van der Waals surface area (Å²) in [5.74, 6) is 1.55. The van der Waals surface area contributed by atoms with E-state index in [4.69, 9.17) is 9.47 Å². The van der Waals surface area contributed by atoms with E-state index in [0.717, 1.165) is 39.6 Å². The van der Waals surface area contributed by atoms with E-state index in [9.17, 15) is 4.79 Å². The van der Waals surface area contributed by atoms with E-state index in [0.29, 0.717) is 12.2 Å². The van der Waals surface area contributed by atoms with Crippen molar-refractivity contribution in [2.45, 2.75) is 26.6 Å². The molecule has 5 rings (SSSR count). The highest BCUT2D eigenvalue weighted by Gasteiger charge is 2.34. The third kappa shape index (κ3) is 4.33. The molecule has 5 heteroatoms. The second kappa shape index (κ2) is 9.55. The van der Waals surface area contributed by atoms with Gasteiger partial charge in [-0.3, -0.25) is 9.69 Å². The van der Waals surface area contributed by atoms with Crippen molar-refractivity contribution in [1.29, 1.82) is 0 Å². The third-order valence-electron chi connectivity index (χ3n) is 6.52. The van der Waals surface area contributed by atoms with Gasteiger partial charge in [-0.25, -0.2) is 0 Å². The van der Waals surface area contributed by atoms with Crippen LogP contribution >= 0.6 is 0 Å². The molecular weight excluding hydrogens is 436 g/mol. The quantitative estimate of drug-likeness (QED) is 0.347. The molecule has 0 spiro atoms. The molecule has 1 aliphatic rings. The van der Waals surface area contributed by atoms with Gasteiger partial charge in [0.05, 0.1) is 12.7 Å². The van der Waals surface area contributed by atoms with Gasteiger partial charge in [-0.05, 0) is 73.0 Å². The number of carbonyl (C=O) groups excluding carboxylic acids is 1. The molecule has 1 aliphatic heterocycles. The number of ether oxygens (including phenoxy) is 2. The summed E-state index contributed by atoms with van der Waals surface area (Å²) in [5, 5.41) is 3.57. The molecule has 1 amide bonds. The molecular formula is C30H28N2O3. The number of benzene rings is 4. The van der Waals surface area contributed by atoms with Gasteiger partial charge in [0.25, 0.3) is 5.91 Å². The number of anilines is 2. The Morgan fingerprint density at radius 2 is 1.63 bits per heavy atom. The molecule has 0 saturated carbocycles. The highest BCUT2D eigenvalue weighted by atomic mass is 16.5. The molecule has 0 aliphatic carbocycles. The zero-order chi connectivity index (χ0) is 24.4. The Morgan fingerprint density at radius 3 is 2.43 bits per heavy atom. The molecule has 0 fully saturated rings. The first kappa shape index (κ1) is 22.5. The van der Waals surface area contributed by atoms with Crippen LogP contribution in [0.2, 0.25) is 0 Å². The van der Waals surface area contributed by atoms with Gasteiger partial charge in [0.1, 0.15) is 24.3 Å². The number of nitrogens with one attached hydrogen (secondary N) is 1. The summed E-state index contributed by atoms with van der Waals surface area (Å²) in [6.07, 6.45) is -0.384. The van der Waals surface area contributed by atoms with E-state index in [2.05, 4.69) is 31.3 Å². The summed E-state index contributed by atoms with van der Waals surface area (Å²) in [4.78, 5) is 15.4. The predicted molar refractivity (Wildman–Crippen MR) is 139 cm³/mol. The fraction of sp³-hybridized carbons (Fsp3) is 0.167. The summed E-state index contributed by atoms with van der Waals surface area (Å²) in [6, 6.07) is 29.4. The minimum atomic E-state index is -0.384. The van der Waals surface area contributed by atoms with Crippen LogP contribution in [0.4, 0.5) is 11.4 Å². The zero-order valence-corrected chi connectivity index (χ0v) is 20.1. The van der Waals surface area contributed by atoms with E-state index in [1.807, 2.05) is 78.9 Å². The maximum Gasteiger partial charge on any atom is 0.262 e. The molecule has 0 radical (unpaired) electrons. The molecule has 0 aromatic heterocycles. The molecule has 35 heavy (non-hydrogen) atoms. The van der Waals surface area contributed by atoms with E-state index in [1.54, 1.807) is 12.0 Å². The summed E-state index contributed by atoms with van der Waals surface area (Å²) >= 11 is 0. The van der Waals surface area contributed by atoms with Crippen LogP contribution in [-0.4, -0.2) is 13.0 Å². The van der Waals surface area contributed by atoms with Crippen molar-refractivity contribution in [3.8, 4) is 11.5 Å². The number of para-hydroxylation sites is 2. The summed E-state index contributed by atoms with van der Waals surface area (Å²) in [5.41, 5.74) is 6.45. The van der Waals surface area contributed by atoms with Crippen LogP contribution in [0.25, 0.3) is 0 Å². The average Bonchev–Trinajstić information content (AvgIpc) is 2.90. The van der Waals surface area contributed by atoms with Gasteiger partial charge in [0, 0.05) is 16.9 Å². The van der Waals surface area contributed by atoms with Crippen molar-refractivity contribution in [1.82, 2.24) is 0 Å². The molecule has 1 unspecified atom stereocenters. The first-order chi connectivity index (χ1) is 17.1. The molecule has 4 aromatic carbocycles. The Morgan fingerprint density at radius 1 is 0.857 bits per heavy atom. The van der Waals surface area contributed by atoms with Crippen molar-refractivity contribution in [2.24, 2.45) is 0 Å². The lowest BCUT2D eigenvalue weighted by molar-refractivity contribution is 0.0975. The van der Waals surface area contributed by atoms with Gasteiger partial charge in [-0.2, -0.15) is 0 Å². The van der Waals surface area contributed by atoms with Crippen molar-refractivity contribution in [3.05, 3.63) is 119 Å². The monoisotopic (exact) mass is 464 g/mol. The normalized spacial score (nSPS) is 14.8. The van der Waals surface area contributed by atoms with E-state index in [1.165, 1.54) is 5.56 Å². The Balaban J connectivity index is 1.53. The van der Waals surface area contributed by atoms with Crippen LogP contribution in [0, 0.1) is 13.8 Å². The van der Waals surface area contributed by atoms with Crippen LogP contribution in [0.5, 0.6) is 11.5 Å². The number of aryl methyl sites for hydroxylation is 1. The molecule has 0 saturated heterocycles. The molecule has 5 nitrogen and oxygen atoms in total. The Hall–Kier alpha value is -4.25. The maximum absolute atomic E-state index is 13.6. The number of rotatable bonds is 6. The van der Waals surface area contributed by atoms with Crippen LogP contribution in [0.3, 0.4) is 0 Å². The number of hydrogen-bond acceptors (Lipinski definition) is 4. The fourth-order valence-corrected chi connectivity index (χ4v) is 4.46. The summed E-state index contributed by atoms with van der Waals surface area (Å²) < 4.78 is 11.8. The second-order valence-electron chi connectivity index (χ2n) is 8.66. The largest absolute Gasteiger partial charge is 0.496 e. The van der Waals surface area contributed by atoms with Gasteiger partial charge >= 0.3 is 0 Å². The Kier molecular flexibility index (Phi) is 6.15. The van der Waals surface area contributed by atoms with Crippen LogP contribution in [-0.2, 0) is 6.61 Å². The topological polar surface area (TPSA) is 50.8 Å². The smallest absolute Gasteiger partial charge is 0.262 e. The highest BCUT2D eigenvalue weighted by Crippen LogP contribution is 2.38. The average molecular weight is 465 g/mol. The maximum atomic E-state index is 13.6. The Labute approximate surface area is 205 Å². The van der Waals surface area contributed by atoms with Gasteiger partial charge in [0.15, 0.2) is 0 Å². The highest BCUT2D eigenvalue weighted by molar-refractivity contribution is 6.12. The van der Waals surface area contributed by atoms with Crippen LogP contribution < -0.4 is 19.7 Å². The number of carbonyl (C=O) groups is 1. The molecule has 176 valence electrons. The molecule has 1 heterocycles. The lowest BCUT2D eigenvalue weighted by Crippen LogP contribution is -2.43. The number of methoxy groups -OCH3 is 1. The number of fused-ring (bicyclic) bond motifs is 1. The Bertz CT molecular complexity index is 1370. The number of amides is 1. The summed E-state index contributed by atoms with van der Waals surface area (Å²) in [6.45, 7) is 4.49. The van der Waals surface area contributed by atoms with E-state index >= 15 is 0 Å². The number of hydrogen-bond donors (Lipinski definition) is 1. The SMILES string of the molecule is COc1ccc(C2Nc3ccccc3C(=O)N2c2ccccc2)cc1COc1cccc(C)c1C. The van der Waals surface area contributed by atoms with E-state index in [-0.39, 0.29) is 12.1 Å². The second-order valence-corrected chi connectivity index (χ2v) is 8.66. The third-order valence-corrected chi connectivity index (χ3v) is 6.52. The minimum absolute atomic E-state index is 0.0421. The van der Waals surface area contributed by atoms with Crippen LogP contribution in [0.1, 0.15) is 38.8 Å². The lowest BCUT2D eigenvalue weighted by atomic mass is 10.0. The van der Waals surface area contributed by atoms with Crippen molar-refractivity contribution < 1.29 is 14.3 Å². The molecule has 0 bridgehead atoms. The van der Waals surface area contributed by atoms with Crippen molar-refractivity contribution in [3.63, 3.8) is 0 Å². The number of nitrogens with zero attached hydrogens (tertiary/aromatic N) is 1. The first-order valence-electron chi connectivity index (χ1n) is 11.7. The van der Waals surface area contributed by atoms with Crippen molar-refractivity contribution >= 4 is 17.3 Å². The lowest BCUT2D eigenvalue weighted by Gasteiger charge is -2.38. The zero-order valence-electron chi connectivity index (χ0n) is 20.1. The molecule has 1 N–H and O–H groups in total. The van der Waals surface area contributed by atoms with Gasteiger partial charge in [-0.15, -0.1) is 0 Å². The fourth-order valence-electron chi connectivity index (χ4n) is 4.46. The first-order valence-corrected chi connectivity index (χ1v) is 11.7. The molecule has 1 atom stereocenters. The summed E-state index contributed by atoms with van der Waals surface area (Å²) in [7, 11) is 1.66. The predicted octanol–water partition coefficient (Wildman–Crippen LogP) is 6.66. The van der Waals surface area contributed by atoms with Gasteiger partial charge in [-0.1, -0.05) is 48.5 Å².